The van der Waals surface area contributed by atoms with Gasteiger partial charge < -0.3 is 14.4 Å². The first-order valence-corrected chi connectivity index (χ1v) is 17.0. The second-order valence-electron chi connectivity index (χ2n) is 12.4. The smallest absolute Gasteiger partial charge is 0.216 e. The molecule has 4 heterocycles. The Bertz CT molecular complexity index is 3160. The van der Waals surface area contributed by atoms with Crippen LogP contribution < -0.4 is 0 Å². The van der Waals surface area contributed by atoms with E-state index in [9.17, 15) is 0 Å². The van der Waals surface area contributed by atoms with Crippen LogP contribution in [0, 0.1) is 39.5 Å². The average molecular weight is 904 g/mol. The summed E-state index contributed by atoms with van der Waals surface area (Å²) in [5.74, 6) is 0. The fraction of sp³-hybridized carbons (Fsp3) is 0.100. The first-order chi connectivity index (χ1) is 32.0. The normalized spacial score (nSPS) is 15.8. The Morgan fingerprint density at radius 1 is 0.618 bits per heavy atom. The number of aromatic nitrogens is 3. The van der Waals surface area contributed by atoms with Gasteiger partial charge in [-0.2, -0.15) is 0 Å². The molecule has 0 aliphatic heterocycles. The fourth-order valence-electron chi connectivity index (χ4n) is 6.10. The summed E-state index contributed by atoms with van der Waals surface area (Å²) in [6.07, 6.45) is 0.577. The van der Waals surface area contributed by atoms with Crippen molar-refractivity contribution in [2.45, 2.75) is 33.8 Å². The van der Waals surface area contributed by atoms with Crippen LogP contribution in [0.15, 0.2) is 156 Å². The maximum Gasteiger partial charge on any atom is 0.216 e. The third-order valence-corrected chi connectivity index (χ3v) is 8.81. The van der Waals surface area contributed by atoms with Gasteiger partial charge in [0.25, 0.3) is 0 Å². The molecule has 0 amide bonds. The zero-order valence-corrected chi connectivity index (χ0v) is 31.4. The van der Waals surface area contributed by atoms with E-state index in [0.29, 0.717) is 49.9 Å². The third kappa shape index (κ3) is 8.10. The fourth-order valence-corrected chi connectivity index (χ4v) is 6.10. The van der Waals surface area contributed by atoms with Gasteiger partial charge >= 0.3 is 0 Å². The Kier molecular flexibility index (Phi) is 7.14. The molecule has 0 N–H and O–H groups in total. The van der Waals surface area contributed by atoms with Crippen LogP contribution in [0.1, 0.15) is 52.7 Å². The molecule has 0 aliphatic carbocycles. The zero-order valence-electron chi connectivity index (χ0n) is 43.0. The monoisotopic (exact) mass is 904 g/mol. The molecule has 0 fully saturated rings. The van der Waals surface area contributed by atoms with Crippen LogP contribution >= 0.6 is 0 Å². The number of furan rings is 1. The molecule has 4 nitrogen and oxygen atoms in total. The van der Waals surface area contributed by atoms with E-state index >= 15 is 0 Å². The molecule has 0 unspecified atom stereocenters. The molecule has 4 aromatic heterocycles. The predicted octanol–water partition coefficient (Wildman–Crippen LogP) is 12.5. The summed E-state index contributed by atoms with van der Waals surface area (Å²) in [7, 11) is 0. The van der Waals surface area contributed by atoms with Gasteiger partial charge in [-0.15, -0.1) is 47.5 Å². The van der Waals surface area contributed by atoms with Gasteiger partial charge in [0, 0.05) is 69.1 Å². The summed E-state index contributed by atoms with van der Waals surface area (Å²) in [5.41, 5.74) is 5.22. The molecular weight excluding hydrogens is 851 g/mol. The number of fused-ring (bicyclic) bond motifs is 3. The molecule has 9 rings (SSSR count). The van der Waals surface area contributed by atoms with Gasteiger partial charge in [0.1, 0.15) is 0 Å². The molecule has 1 radical (unpaired) electrons. The minimum absolute atomic E-state index is 0. The second-order valence-corrected chi connectivity index (χ2v) is 12.4. The molecule has 5 aromatic carbocycles. The molecule has 55 heavy (non-hydrogen) atoms. The van der Waals surface area contributed by atoms with Crippen LogP contribution in [0.3, 0.4) is 0 Å². The standard InChI is InChI=1S/C25H19N2O.C25H20N.Ir/c1-16-13-23(26-15-17(16)2)22-10-6-9-20-21-12-11-19(27-25(21)28-24(20)22)14-18-7-4-3-5-8-18;1-18-13-14-22(15-23(18)20-9-5-3-6-10-20)25-16-24(19(2)17-26-25)21-11-7-4-8-12-21;/h3-9,11-13,15H,14H2,1-2H3;3-13,15-17H,1-2H3;/q2*-1;/i1D3,2D3,14D2;1D3,2D3;. The Morgan fingerprint density at radius 3 is 1.98 bits per heavy atom. The van der Waals surface area contributed by atoms with Crippen molar-refractivity contribution in [2.75, 3.05) is 0 Å². The van der Waals surface area contributed by atoms with Crippen molar-refractivity contribution in [3.63, 3.8) is 0 Å². The number of nitrogens with zero attached hydrogens (tertiary/aromatic N) is 3. The largest absolute Gasteiger partial charge is 0.486 e. The maximum absolute atomic E-state index is 8.59. The summed E-state index contributed by atoms with van der Waals surface area (Å²) in [5, 5.41) is 1.30. The van der Waals surface area contributed by atoms with E-state index in [-0.39, 0.29) is 59.5 Å². The van der Waals surface area contributed by atoms with Gasteiger partial charge in [0.05, 0.1) is 5.58 Å². The van der Waals surface area contributed by atoms with Crippen LogP contribution in [0.5, 0.6) is 0 Å². The average Bonchev–Trinajstić information content (AvgIpc) is 3.69. The molecule has 0 spiro atoms. The summed E-state index contributed by atoms with van der Waals surface area (Å²) in [6.45, 7) is -9.92. The van der Waals surface area contributed by atoms with Crippen LogP contribution in [0.2, 0.25) is 0 Å². The minimum Gasteiger partial charge on any atom is -0.486 e. The molecule has 0 saturated carbocycles. The van der Waals surface area contributed by atoms with Gasteiger partial charge in [-0.05, 0) is 77.5 Å². The number of pyridine rings is 3. The molecule has 0 bridgehead atoms. The van der Waals surface area contributed by atoms with E-state index < -0.39 is 33.8 Å². The van der Waals surface area contributed by atoms with Gasteiger partial charge in [0.2, 0.25) is 5.71 Å². The Balaban J connectivity index is 0.000000202. The molecule has 0 aliphatic rings. The number of benzene rings is 5. The van der Waals surface area contributed by atoms with E-state index in [2.05, 4.69) is 27.1 Å². The molecule has 0 atom stereocenters. The van der Waals surface area contributed by atoms with Crippen molar-refractivity contribution in [3.8, 4) is 44.8 Å². The Labute approximate surface area is 356 Å². The summed E-state index contributed by atoms with van der Waals surface area (Å²) in [4.78, 5) is 13.1. The Morgan fingerprint density at radius 2 is 1.27 bits per heavy atom. The number of hydrogen-bond acceptors (Lipinski definition) is 4. The molecule has 271 valence electrons. The second kappa shape index (κ2) is 16.6. The first-order valence-electron chi connectivity index (χ1n) is 24.0. The molecule has 5 heteroatoms. The SMILES string of the molecule is [2H]C([2H])([2H])c1c[c-]c(-c2cc(-c3ccccc3)c(C([2H])([2H])[2H])cn2)cc1-c1ccccc1.[2H]C([2H])([2H])c1cnc(-c2[c-]ccc3c2oc2nc(C([2H])([2H])c4ccccc4)ccc23)cc1C([2H])([2H])[2H].[Ir]. The van der Waals surface area contributed by atoms with Gasteiger partial charge in [-0.25, -0.2) is 4.98 Å². The summed E-state index contributed by atoms with van der Waals surface area (Å²) < 4.78 is 117. The number of hydrogen-bond donors (Lipinski definition) is 0. The molecule has 0 saturated heterocycles. The van der Waals surface area contributed by atoms with Gasteiger partial charge in [-0.3, -0.25) is 0 Å². The van der Waals surface area contributed by atoms with E-state index in [1.165, 1.54) is 18.3 Å². The quantitative estimate of drug-likeness (QED) is 0.156. The predicted molar refractivity (Wildman–Crippen MR) is 221 cm³/mol. The van der Waals surface area contributed by atoms with Crippen LogP contribution in [0.25, 0.3) is 66.8 Å². The first kappa shape index (κ1) is 23.7. The van der Waals surface area contributed by atoms with Gasteiger partial charge in [-0.1, -0.05) is 132 Å². The van der Waals surface area contributed by atoms with Crippen molar-refractivity contribution >= 4 is 22.1 Å². The van der Waals surface area contributed by atoms with E-state index in [1.54, 1.807) is 60.7 Å². The van der Waals surface area contributed by atoms with E-state index in [1.807, 2.05) is 66.7 Å². The van der Waals surface area contributed by atoms with Crippen molar-refractivity contribution < 1.29 is 43.7 Å². The summed E-state index contributed by atoms with van der Waals surface area (Å²) >= 11 is 0. The zero-order chi connectivity index (χ0) is 48.8. The minimum atomic E-state index is -2.66. The number of rotatable bonds is 6. The number of aryl methyl sites for hydroxylation is 4. The molecule has 9 aromatic rings. The topological polar surface area (TPSA) is 51.8 Å². The maximum atomic E-state index is 8.59. The molecular formula is C50H39IrN3O-2. The van der Waals surface area contributed by atoms with Crippen LogP contribution in [-0.2, 0) is 26.5 Å². The van der Waals surface area contributed by atoms with Crippen molar-refractivity contribution in [3.05, 3.63) is 198 Å². The summed E-state index contributed by atoms with van der Waals surface area (Å²) in [6, 6.07) is 46.3. The Hall–Kier alpha value is -6.00. The van der Waals surface area contributed by atoms with E-state index in [0.717, 1.165) is 17.3 Å². The van der Waals surface area contributed by atoms with Crippen molar-refractivity contribution in [1.29, 1.82) is 0 Å². The van der Waals surface area contributed by atoms with E-state index in [4.69, 9.17) is 23.6 Å². The van der Waals surface area contributed by atoms with Gasteiger partial charge in [0.15, 0.2) is 0 Å². The van der Waals surface area contributed by atoms with Crippen molar-refractivity contribution in [2.24, 2.45) is 0 Å². The van der Waals surface area contributed by atoms with Crippen LogP contribution in [0.4, 0.5) is 0 Å². The third-order valence-electron chi connectivity index (χ3n) is 8.81. The van der Waals surface area contributed by atoms with Crippen molar-refractivity contribution in [1.82, 2.24) is 15.0 Å². The van der Waals surface area contributed by atoms with Crippen LogP contribution in [-0.4, -0.2) is 15.0 Å².